The lowest BCUT2D eigenvalue weighted by Crippen LogP contribution is -2.14. The van der Waals surface area contributed by atoms with Crippen molar-refractivity contribution in [3.8, 4) is 11.5 Å². The van der Waals surface area contributed by atoms with Crippen molar-refractivity contribution in [2.45, 2.75) is 33.8 Å². The number of nitrogens with one attached hydrogen (secondary N) is 1. The third-order valence-electron chi connectivity index (χ3n) is 4.72. The fourth-order valence-electron chi connectivity index (χ4n) is 3.09. The average Bonchev–Trinajstić information content (AvgIpc) is 2.74. The van der Waals surface area contributed by atoms with Crippen LogP contribution in [0.1, 0.15) is 40.9 Å². The van der Waals surface area contributed by atoms with Crippen molar-refractivity contribution >= 4 is 27.5 Å². The van der Waals surface area contributed by atoms with E-state index in [9.17, 15) is 4.79 Å². The Labute approximate surface area is 186 Å². The Kier molecular flexibility index (Phi) is 7.52. The van der Waals surface area contributed by atoms with Crippen LogP contribution in [-0.4, -0.2) is 12.5 Å². The van der Waals surface area contributed by atoms with Crippen molar-refractivity contribution in [3.63, 3.8) is 0 Å². The molecule has 5 heteroatoms. The van der Waals surface area contributed by atoms with Crippen LogP contribution in [0.4, 0.5) is 5.69 Å². The highest BCUT2D eigenvalue weighted by molar-refractivity contribution is 9.10. The molecule has 3 aromatic rings. The molecule has 0 radical (unpaired) electrons. The number of carbonyl (C=O) groups is 1. The van der Waals surface area contributed by atoms with Gasteiger partial charge in [-0.15, -0.1) is 0 Å². The van der Waals surface area contributed by atoms with Crippen LogP contribution in [0.15, 0.2) is 65.1 Å². The van der Waals surface area contributed by atoms with Crippen molar-refractivity contribution in [2.75, 3.05) is 11.9 Å². The summed E-state index contributed by atoms with van der Waals surface area (Å²) in [6.07, 6.45) is 0.843. The minimum atomic E-state index is -0.192. The summed E-state index contributed by atoms with van der Waals surface area (Å²) < 4.78 is 12.5. The third-order valence-corrected chi connectivity index (χ3v) is 5.31. The number of amides is 1. The zero-order chi connectivity index (χ0) is 21.5. The Hall–Kier alpha value is -2.79. The van der Waals surface area contributed by atoms with Crippen LogP contribution in [0.5, 0.6) is 11.5 Å². The molecular formula is C25H26BrNO3. The second-order valence-electron chi connectivity index (χ2n) is 6.96. The molecule has 0 aliphatic heterocycles. The number of para-hydroxylation sites is 1. The van der Waals surface area contributed by atoms with Gasteiger partial charge in [0.2, 0.25) is 0 Å². The lowest BCUT2D eigenvalue weighted by atomic mass is 10.1. The smallest absolute Gasteiger partial charge is 0.255 e. The fraction of sp³-hybridized carbons (Fsp3) is 0.240. The highest BCUT2D eigenvalue weighted by Gasteiger charge is 2.17. The number of hydrogen-bond donors (Lipinski definition) is 1. The predicted octanol–water partition coefficient (Wildman–Crippen LogP) is 6.55. The zero-order valence-corrected chi connectivity index (χ0v) is 19.1. The topological polar surface area (TPSA) is 47.6 Å². The van der Waals surface area contributed by atoms with E-state index in [-0.39, 0.29) is 5.91 Å². The molecule has 3 aromatic carbocycles. The highest BCUT2D eigenvalue weighted by atomic mass is 79.9. The first-order chi connectivity index (χ1) is 14.5. The molecule has 156 valence electrons. The number of carbonyl (C=O) groups excluding carboxylic acids is 1. The molecule has 4 nitrogen and oxygen atoms in total. The van der Waals surface area contributed by atoms with E-state index in [2.05, 4.69) is 47.2 Å². The van der Waals surface area contributed by atoms with Gasteiger partial charge in [-0.2, -0.15) is 0 Å². The van der Waals surface area contributed by atoms with Crippen LogP contribution in [0.2, 0.25) is 0 Å². The maximum absolute atomic E-state index is 12.9. The predicted molar refractivity (Wildman–Crippen MR) is 125 cm³/mol. The summed E-state index contributed by atoms with van der Waals surface area (Å²) in [4.78, 5) is 12.9. The van der Waals surface area contributed by atoms with Gasteiger partial charge in [0.1, 0.15) is 6.61 Å². The molecule has 0 aromatic heterocycles. The van der Waals surface area contributed by atoms with Gasteiger partial charge in [-0.25, -0.2) is 0 Å². The molecule has 3 rings (SSSR count). The van der Waals surface area contributed by atoms with Gasteiger partial charge in [0, 0.05) is 11.3 Å². The number of benzene rings is 3. The second kappa shape index (κ2) is 10.3. The SMILES string of the molecule is CCOc1cc(C(=O)Nc2ccccc2CC)cc(Br)c1OCc1ccc(C)cc1. The first kappa shape index (κ1) is 21.9. The lowest BCUT2D eigenvalue weighted by molar-refractivity contribution is 0.102. The van der Waals surface area contributed by atoms with Crippen molar-refractivity contribution < 1.29 is 14.3 Å². The summed E-state index contributed by atoms with van der Waals surface area (Å²) in [6, 6.07) is 19.5. The van der Waals surface area contributed by atoms with Gasteiger partial charge in [-0.1, -0.05) is 55.0 Å². The standard InChI is InChI=1S/C25H26BrNO3/c1-4-19-8-6-7-9-22(19)27-25(28)20-14-21(26)24(23(15-20)29-5-2)30-16-18-12-10-17(3)11-13-18/h6-15H,4-5,16H2,1-3H3,(H,27,28). The Bertz CT molecular complexity index is 1020. The Morgan fingerprint density at radius 1 is 1.00 bits per heavy atom. The minimum absolute atomic E-state index is 0.192. The number of aryl methyl sites for hydroxylation is 2. The molecule has 0 aliphatic carbocycles. The fourth-order valence-corrected chi connectivity index (χ4v) is 3.64. The highest BCUT2D eigenvalue weighted by Crippen LogP contribution is 2.37. The molecule has 0 aliphatic rings. The van der Waals surface area contributed by atoms with Gasteiger partial charge < -0.3 is 14.8 Å². The molecule has 1 N–H and O–H groups in total. The van der Waals surface area contributed by atoms with Gasteiger partial charge in [0.15, 0.2) is 11.5 Å². The minimum Gasteiger partial charge on any atom is -0.490 e. The van der Waals surface area contributed by atoms with Crippen molar-refractivity contribution in [3.05, 3.63) is 87.4 Å². The van der Waals surface area contributed by atoms with Gasteiger partial charge in [-0.3, -0.25) is 4.79 Å². The van der Waals surface area contributed by atoms with Crippen molar-refractivity contribution in [2.24, 2.45) is 0 Å². The summed E-state index contributed by atoms with van der Waals surface area (Å²) in [5, 5.41) is 3.00. The molecule has 0 unspecified atom stereocenters. The molecule has 0 saturated heterocycles. The Morgan fingerprint density at radius 2 is 1.73 bits per heavy atom. The van der Waals surface area contributed by atoms with E-state index in [0.717, 1.165) is 23.2 Å². The number of halogens is 1. The lowest BCUT2D eigenvalue weighted by Gasteiger charge is -2.16. The summed E-state index contributed by atoms with van der Waals surface area (Å²) in [7, 11) is 0. The molecule has 0 bridgehead atoms. The van der Waals surface area contributed by atoms with Crippen molar-refractivity contribution in [1.82, 2.24) is 0 Å². The Morgan fingerprint density at radius 3 is 2.43 bits per heavy atom. The average molecular weight is 468 g/mol. The quantitative estimate of drug-likeness (QED) is 0.408. The molecule has 0 atom stereocenters. The summed E-state index contributed by atoms with van der Waals surface area (Å²) in [5.41, 5.74) is 4.67. The van der Waals surface area contributed by atoms with Crippen molar-refractivity contribution in [1.29, 1.82) is 0 Å². The van der Waals surface area contributed by atoms with E-state index < -0.39 is 0 Å². The van der Waals surface area contributed by atoms with E-state index >= 15 is 0 Å². The number of anilines is 1. The van der Waals surface area contributed by atoms with E-state index in [4.69, 9.17) is 9.47 Å². The van der Waals surface area contributed by atoms with Crippen LogP contribution < -0.4 is 14.8 Å². The number of hydrogen-bond acceptors (Lipinski definition) is 3. The maximum atomic E-state index is 12.9. The summed E-state index contributed by atoms with van der Waals surface area (Å²) in [6.45, 7) is 6.90. The van der Waals surface area contributed by atoms with Crippen LogP contribution in [-0.2, 0) is 13.0 Å². The molecule has 0 heterocycles. The largest absolute Gasteiger partial charge is 0.490 e. The van der Waals surface area contributed by atoms with Gasteiger partial charge in [-0.05, 0) is 65.5 Å². The van der Waals surface area contributed by atoms with Gasteiger partial charge in [0.25, 0.3) is 5.91 Å². The van der Waals surface area contributed by atoms with Crippen LogP contribution >= 0.6 is 15.9 Å². The maximum Gasteiger partial charge on any atom is 0.255 e. The van der Waals surface area contributed by atoms with Gasteiger partial charge >= 0.3 is 0 Å². The zero-order valence-electron chi connectivity index (χ0n) is 17.5. The first-order valence-corrected chi connectivity index (χ1v) is 10.8. The summed E-state index contributed by atoms with van der Waals surface area (Å²) in [5.74, 6) is 0.929. The second-order valence-corrected chi connectivity index (χ2v) is 7.81. The van der Waals surface area contributed by atoms with Crippen LogP contribution in [0.25, 0.3) is 0 Å². The Balaban J connectivity index is 1.82. The number of ether oxygens (including phenoxy) is 2. The first-order valence-electron chi connectivity index (χ1n) is 10.1. The number of rotatable bonds is 8. The molecule has 1 amide bonds. The summed E-state index contributed by atoms with van der Waals surface area (Å²) >= 11 is 3.55. The van der Waals surface area contributed by atoms with E-state index in [1.165, 1.54) is 5.56 Å². The van der Waals surface area contributed by atoms with Crippen LogP contribution in [0, 0.1) is 6.92 Å². The normalized spacial score (nSPS) is 10.5. The molecular weight excluding hydrogens is 442 g/mol. The molecule has 30 heavy (non-hydrogen) atoms. The van der Waals surface area contributed by atoms with E-state index in [0.29, 0.717) is 34.7 Å². The van der Waals surface area contributed by atoms with E-state index in [1.807, 2.05) is 43.3 Å². The van der Waals surface area contributed by atoms with E-state index in [1.54, 1.807) is 12.1 Å². The molecule has 0 saturated carbocycles. The molecule has 0 fully saturated rings. The molecule has 0 spiro atoms. The third kappa shape index (κ3) is 5.42. The van der Waals surface area contributed by atoms with Crippen LogP contribution in [0.3, 0.4) is 0 Å². The monoisotopic (exact) mass is 467 g/mol. The van der Waals surface area contributed by atoms with Gasteiger partial charge in [0.05, 0.1) is 11.1 Å².